The number of aromatic nitrogens is 1. The molecule has 0 spiro atoms. The van der Waals surface area contributed by atoms with Crippen LogP contribution < -0.4 is 0 Å². The Morgan fingerprint density at radius 2 is 1.65 bits per heavy atom. The molecule has 0 amide bonds. The quantitative estimate of drug-likeness (QED) is 0.733. The number of halogens is 1. The molecular formula is C19H18ClNO2. The van der Waals surface area contributed by atoms with Gasteiger partial charge < -0.3 is 9.52 Å². The standard InChI is InChI=1S/C19H18ClNO2/c20-16-9-7-15(8-10-16)19-21-17(12-13-22)18(23-19)11-6-14-4-2-1-3-5-14/h1-5,7-10,22H,6,11-13H2. The van der Waals surface area contributed by atoms with Gasteiger partial charge in [0, 0.05) is 30.0 Å². The van der Waals surface area contributed by atoms with Crippen molar-refractivity contribution < 1.29 is 9.52 Å². The van der Waals surface area contributed by atoms with E-state index in [1.54, 1.807) is 0 Å². The first kappa shape index (κ1) is 15.8. The lowest BCUT2D eigenvalue weighted by Gasteiger charge is -2.00. The molecule has 1 N–H and O–H groups in total. The second kappa shape index (κ2) is 7.44. The normalized spacial score (nSPS) is 10.9. The highest BCUT2D eigenvalue weighted by Crippen LogP contribution is 2.25. The van der Waals surface area contributed by atoms with E-state index < -0.39 is 0 Å². The minimum atomic E-state index is 0.0604. The van der Waals surface area contributed by atoms with E-state index in [0.717, 1.165) is 29.9 Å². The van der Waals surface area contributed by atoms with Crippen LogP contribution in [0.3, 0.4) is 0 Å². The summed E-state index contributed by atoms with van der Waals surface area (Å²) in [5.41, 5.74) is 2.97. The maximum Gasteiger partial charge on any atom is 0.226 e. The van der Waals surface area contributed by atoms with E-state index in [0.29, 0.717) is 17.3 Å². The molecular weight excluding hydrogens is 310 g/mol. The Bertz CT molecular complexity index is 751. The van der Waals surface area contributed by atoms with Crippen LogP contribution in [0.15, 0.2) is 59.0 Å². The summed E-state index contributed by atoms with van der Waals surface area (Å²) in [6.07, 6.45) is 2.15. The molecule has 4 heteroatoms. The van der Waals surface area contributed by atoms with Crippen LogP contribution >= 0.6 is 11.6 Å². The third-order valence-electron chi connectivity index (χ3n) is 3.70. The third-order valence-corrected chi connectivity index (χ3v) is 3.95. The highest BCUT2D eigenvalue weighted by atomic mass is 35.5. The van der Waals surface area contributed by atoms with E-state index >= 15 is 0 Å². The fraction of sp³-hybridized carbons (Fsp3) is 0.211. The van der Waals surface area contributed by atoms with Gasteiger partial charge in [-0.2, -0.15) is 0 Å². The fourth-order valence-electron chi connectivity index (χ4n) is 2.50. The van der Waals surface area contributed by atoms with Crippen molar-refractivity contribution in [2.24, 2.45) is 0 Å². The Morgan fingerprint density at radius 3 is 2.35 bits per heavy atom. The average Bonchev–Trinajstić information content (AvgIpc) is 2.98. The highest BCUT2D eigenvalue weighted by Gasteiger charge is 2.14. The van der Waals surface area contributed by atoms with Crippen molar-refractivity contribution in [3.63, 3.8) is 0 Å². The molecule has 3 aromatic rings. The summed E-state index contributed by atoms with van der Waals surface area (Å²) in [5, 5.41) is 9.93. The van der Waals surface area contributed by atoms with Gasteiger partial charge in [0.05, 0.1) is 5.69 Å². The van der Waals surface area contributed by atoms with Gasteiger partial charge in [-0.25, -0.2) is 4.98 Å². The lowest BCUT2D eigenvalue weighted by molar-refractivity contribution is 0.297. The molecule has 0 fully saturated rings. The number of hydrogen-bond donors (Lipinski definition) is 1. The first-order valence-corrected chi connectivity index (χ1v) is 8.03. The highest BCUT2D eigenvalue weighted by molar-refractivity contribution is 6.30. The molecule has 3 rings (SSSR count). The van der Waals surface area contributed by atoms with E-state index in [9.17, 15) is 5.11 Å². The van der Waals surface area contributed by atoms with Crippen LogP contribution in [0.2, 0.25) is 5.02 Å². The molecule has 0 aliphatic carbocycles. The number of aryl methyl sites for hydroxylation is 2. The summed E-state index contributed by atoms with van der Waals surface area (Å²) in [4.78, 5) is 4.54. The summed E-state index contributed by atoms with van der Waals surface area (Å²) in [6, 6.07) is 17.7. The summed E-state index contributed by atoms with van der Waals surface area (Å²) in [5.74, 6) is 1.42. The second-order valence-electron chi connectivity index (χ2n) is 5.35. The number of oxazole rings is 1. The van der Waals surface area contributed by atoms with Gasteiger partial charge in [0.2, 0.25) is 5.89 Å². The number of rotatable bonds is 6. The van der Waals surface area contributed by atoms with Gasteiger partial charge in [-0.15, -0.1) is 0 Å². The number of nitrogens with zero attached hydrogens (tertiary/aromatic N) is 1. The SMILES string of the molecule is OCCc1nc(-c2ccc(Cl)cc2)oc1CCc1ccccc1. The van der Waals surface area contributed by atoms with E-state index in [4.69, 9.17) is 16.0 Å². The Hall–Kier alpha value is -2.10. The molecule has 3 nitrogen and oxygen atoms in total. The monoisotopic (exact) mass is 327 g/mol. The smallest absolute Gasteiger partial charge is 0.226 e. The molecule has 23 heavy (non-hydrogen) atoms. The Kier molecular flexibility index (Phi) is 5.11. The van der Waals surface area contributed by atoms with Crippen molar-refractivity contribution in [3.8, 4) is 11.5 Å². The Balaban J connectivity index is 1.82. The van der Waals surface area contributed by atoms with Gasteiger partial charge in [-0.3, -0.25) is 0 Å². The summed E-state index contributed by atoms with van der Waals surface area (Å²) in [6.45, 7) is 0.0604. The first-order valence-electron chi connectivity index (χ1n) is 7.65. The van der Waals surface area contributed by atoms with Crippen LogP contribution in [-0.2, 0) is 19.3 Å². The minimum Gasteiger partial charge on any atom is -0.441 e. The van der Waals surface area contributed by atoms with Crippen molar-refractivity contribution in [1.29, 1.82) is 0 Å². The van der Waals surface area contributed by atoms with Crippen LogP contribution in [0.1, 0.15) is 17.0 Å². The van der Waals surface area contributed by atoms with Gasteiger partial charge in [0.15, 0.2) is 0 Å². The lowest BCUT2D eigenvalue weighted by Crippen LogP contribution is -1.98. The predicted molar refractivity (Wildman–Crippen MR) is 91.6 cm³/mol. The van der Waals surface area contributed by atoms with Crippen molar-refractivity contribution in [2.75, 3.05) is 6.61 Å². The zero-order valence-electron chi connectivity index (χ0n) is 12.7. The molecule has 0 unspecified atom stereocenters. The van der Waals surface area contributed by atoms with Gasteiger partial charge in [-0.05, 0) is 36.2 Å². The van der Waals surface area contributed by atoms with Crippen molar-refractivity contribution >= 4 is 11.6 Å². The Morgan fingerprint density at radius 1 is 0.913 bits per heavy atom. The van der Waals surface area contributed by atoms with E-state index in [1.165, 1.54) is 5.56 Å². The minimum absolute atomic E-state index is 0.0604. The number of hydrogen-bond acceptors (Lipinski definition) is 3. The van der Waals surface area contributed by atoms with Crippen LogP contribution in [0.5, 0.6) is 0 Å². The molecule has 0 atom stereocenters. The molecule has 0 bridgehead atoms. The molecule has 0 saturated heterocycles. The largest absolute Gasteiger partial charge is 0.441 e. The van der Waals surface area contributed by atoms with Crippen LogP contribution in [0.25, 0.3) is 11.5 Å². The van der Waals surface area contributed by atoms with Gasteiger partial charge in [-0.1, -0.05) is 41.9 Å². The van der Waals surface area contributed by atoms with Gasteiger partial charge in [0.25, 0.3) is 0 Å². The van der Waals surface area contributed by atoms with Gasteiger partial charge in [0.1, 0.15) is 5.76 Å². The third kappa shape index (κ3) is 4.01. The maximum absolute atomic E-state index is 9.25. The molecule has 0 aliphatic heterocycles. The zero-order valence-corrected chi connectivity index (χ0v) is 13.5. The molecule has 2 aromatic carbocycles. The molecule has 0 aliphatic rings. The molecule has 0 radical (unpaired) electrons. The fourth-order valence-corrected chi connectivity index (χ4v) is 2.62. The van der Waals surface area contributed by atoms with Crippen LogP contribution in [0, 0.1) is 0 Å². The maximum atomic E-state index is 9.25. The van der Waals surface area contributed by atoms with Crippen LogP contribution in [0.4, 0.5) is 0 Å². The van der Waals surface area contributed by atoms with Crippen molar-refractivity contribution in [3.05, 3.63) is 76.6 Å². The van der Waals surface area contributed by atoms with Gasteiger partial charge >= 0.3 is 0 Å². The summed E-state index contributed by atoms with van der Waals surface area (Å²) < 4.78 is 5.95. The van der Waals surface area contributed by atoms with E-state index in [2.05, 4.69) is 17.1 Å². The summed E-state index contributed by atoms with van der Waals surface area (Å²) in [7, 11) is 0. The first-order chi connectivity index (χ1) is 11.3. The van der Waals surface area contributed by atoms with E-state index in [1.807, 2.05) is 42.5 Å². The lowest BCUT2D eigenvalue weighted by atomic mass is 10.1. The molecule has 118 valence electrons. The van der Waals surface area contributed by atoms with Crippen molar-refractivity contribution in [2.45, 2.75) is 19.3 Å². The van der Waals surface area contributed by atoms with E-state index in [-0.39, 0.29) is 6.61 Å². The average molecular weight is 328 g/mol. The zero-order chi connectivity index (χ0) is 16.1. The number of aliphatic hydroxyl groups is 1. The summed E-state index contributed by atoms with van der Waals surface area (Å²) >= 11 is 5.92. The predicted octanol–water partition coefficient (Wildman–Crippen LogP) is 4.32. The molecule has 1 aromatic heterocycles. The number of benzene rings is 2. The van der Waals surface area contributed by atoms with Crippen molar-refractivity contribution in [1.82, 2.24) is 4.98 Å². The Labute approximate surface area is 140 Å². The number of aliphatic hydroxyl groups excluding tert-OH is 1. The molecule has 1 heterocycles. The second-order valence-corrected chi connectivity index (χ2v) is 5.79. The topological polar surface area (TPSA) is 46.3 Å². The molecule has 0 saturated carbocycles. The van der Waals surface area contributed by atoms with Crippen LogP contribution in [-0.4, -0.2) is 16.7 Å².